The number of likely N-dealkylation sites (tertiary alicyclic amines) is 1. The highest BCUT2D eigenvalue weighted by atomic mass is 35.5. The summed E-state index contributed by atoms with van der Waals surface area (Å²) in [5.41, 5.74) is 2.10. The number of nitrogens with zero attached hydrogens (tertiary/aromatic N) is 1. The summed E-state index contributed by atoms with van der Waals surface area (Å²) in [7, 11) is 0. The highest BCUT2D eigenvalue weighted by Gasteiger charge is 2.46. The fraction of sp³-hybridized carbons (Fsp3) is 0.238. The lowest BCUT2D eigenvalue weighted by molar-refractivity contribution is -0.140. The quantitative estimate of drug-likeness (QED) is 0.480. The van der Waals surface area contributed by atoms with Gasteiger partial charge in [0.05, 0.1) is 17.7 Å². The number of halogens is 1. The van der Waals surface area contributed by atoms with Gasteiger partial charge in [-0.15, -0.1) is 0 Å². The number of benzene rings is 2. The average Bonchev–Trinajstić information content (AvgIpc) is 2.87. The van der Waals surface area contributed by atoms with Gasteiger partial charge in [0.25, 0.3) is 11.7 Å². The zero-order valence-electron chi connectivity index (χ0n) is 15.0. The van der Waals surface area contributed by atoms with Crippen molar-refractivity contribution in [3.63, 3.8) is 0 Å². The Morgan fingerprint density at radius 2 is 1.70 bits per heavy atom. The molecule has 2 atom stereocenters. The lowest BCUT2D eigenvalue weighted by Gasteiger charge is -2.26. The number of amides is 1. The van der Waals surface area contributed by atoms with E-state index in [-0.39, 0.29) is 17.9 Å². The molecule has 1 fully saturated rings. The number of rotatable bonds is 4. The molecule has 140 valence electrons. The Morgan fingerprint density at radius 3 is 2.26 bits per heavy atom. The number of aliphatic hydroxyl groups is 2. The predicted molar refractivity (Wildman–Crippen MR) is 103 cm³/mol. The second-order valence-electron chi connectivity index (χ2n) is 6.72. The van der Waals surface area contributed by atoms with E-state index in [9.17, 15) is 19.8 Å². The largest absolute Gasteiger partial charge is 0.507 e. The van der Waals surface area contributed by atoms with Gasteiger partial charge in [-0.2, -0.15) is 0 Å². The molecule has 0 aliphatic carbocycles. The van der Waals surface area contributed by atoms with E-state index in [1.54, 1.807) is 36.4 Å². The molecule has 5 nitrogen and oxygen atoms in total. The molecule has 0 unspecified atom stereocenters. The minimum atomic E-state index is -0.822. The van der Waals surface area contributed by atoms with Crippen LogP contribution in [0, 0.1) is 6.92 Å². The lowest BCUT2D eigenvalue weighted by Crippen LogP contribution is -2.35. The van der Waals surface area contributed by atoms with Crippen LogP contribution in [0.2, 0.25) is 5.02 Å². The van der Waals surface area contributed by atoms with Crippen molar-refractivity contribution in [1.82, 2.24) is 4.90 Å². The van der Waals surface area contributed by atoms with Gasteiger partial charge < -0.3 is 15.1 Å². The number of aliphatic hydroxyl groups excluding tert-OH is 2. The third kappa shape index (κ3) is 3.75. The minimum Gasteiger partial charge on any atom is -0.507 e. The van der Waals surface area contributed by atoms with Crippen molar-refractivity contribution in [2.24, 2.45) is 0 Å². The summed E-state index contributed by atoms with van der Waals surface area (Å²) >= 11 is 5.96. The highest BCUT2D eigenvalue weighted by Crippen LogP contribution is 2.39. The molecule has 2 N–H and O–H groups in total. The smallest absolute Gasteiger partial charge is 0.295 e. The van der Waals surface area contributed by atoms with Gasteiger partial charge in [0.2, 0.25) is 0 Å². The predicted octanol–water partition coefficient (Wildman–Crippen LogP) is 3.45. The van der Waals surface area contributed by atoms with Crippen LogP contribution in [0.4, 0.5) is 0 Å². The number of hydrogen-bond acceptors (Lipinski definition) is 4. The number of hydrogen-bond donors (Lipinski definition) is 2. The summed E-state index contributed by atoms with van der Waals surface area (Å²) in [6.45, 7) is 3.43. The van der Waals surface area contributed by atoms with Crippen molar-refractivity contribution in [2.45, 2.75) is 26.0 Å². The van der Waals surface area contributed by atoms with Gasteiger partial charge in [0.1, 0.15) is 5.76 Å². The molecule has 1 heterocycles. The summed E-state index contributed by atoms with van der Waals surface area (Å²) in [6.07, 6.45) is -0.822. The van der Waals surface area contributed by atoms with E-state index in [1.807, 2.05) is 19.1 Å². The van der Waals surface area contributed by atoms with E-state index in [4.69, 9.17) is 11.6 Å². The van der Waals surface area contributed by atoms with Crippen molar-refractivity contribution in [3.05, 3.63) is 75.8 Å². The van der Waals surface area contributed by atoms with Gasteiger partial charge in [-0.25, -0.2) is 0 Å². The maximum Gasteiger partial charge on any atom is 0.295 e. The number of aryl methyl sites for hydroxylation is 1. The summed E-state index contributed by atoms with van der Waals surface area (Å²) in [6, 6.07) is 13.0. The average molecular weight is 386 g/mol. The molecule has 0 spiro atoms. The molecule has 0 aromatic heterocycles. The Balaban J connectivity index is 2.17. The van der Waals surface area contributed by atoms with Crippen LogP contribution >= 0.6 is 11.6 Å². The van der Waals surface area contributed by atoms with Gasteiger partial charge in [0.15, 0.2) is 0 Å². The first-order valence-electron chi connectivity index (χ1n) is 8.58. The fourth-order valence-electron chi connectivity index (χ4n) is 3.21. The summed E-state index contributed by atoms with van der Waals surface area (Å²) in [5.74, 6) is -1.75. The Bertz CT molecular complexity index is 901. The van der Waals surface area contributed by atoms with E-state index >= 15 is 0 Å². The van der Waals surface area contributed by atoms with Crippen LogP contribution in [0.1, 0.15) is 29.7 Å². The molecular weight excluding hydrogens is 366 g/mol. The molecule has 1 aliphatic rings. The van der Waals surface area contributed by atoms with E-state index in [1.165, 1.54) is 11.8 Å². The molecule has 2 aromatic carbocycles. The second-order valence-corrected chi connectivity index (χ2v) is 7.15. The molecule has 0 radical (unpaired) electrons. The van der Waals surface area contributed by atoms with Crippen LogP contribution in [0.3, 0.4) is 0 Å². The van der Waals surface area contributed by atoms with Gasteiger partial charge in [-0.1, -0.05) is 53.6 Å². The molecular formula is C21H20ClNO4. The Kier molecular flexibility index (Phi) is 5.35. The first-order chi connectivity index (χ1) is 12.8. The highest BCUT2D eigenvalue weighted by molar-refractivity contribution is 6.46. The molecule has 1 aliphatic heterocycles. The minimum absolute atomic E-state index is 0.00632. The Labute approximate surface area is 162 Å². The number of β-amino-alcohol motifs (C(OH)–C–C–N with tert-alkyl or cyclic N) is 1. The summed E-state index contributed by atoms with van der Waals surface area (Å²) in [5, 5.41) is 21.1. The van der Waals surface area contributed by atoms with E-state index in [0.717, 1.165) is 5.56 Å². The summed E-state index contributed by atoms with van der Waals surface area (Å²) in [4.78, 5) is 26.6. The molecule has 3 rings (SSSR count). The van der Waals surface area contributed by atoms with Crippen molar-refractivity contribution in [2.75, 3.05) is 6.54 Å². The molecule has 1 amide bonds. The number of Topliss-reactive ketones (excluding diaryl/α,β-unsaturated/α-hetero) is 1. The van der Waals surface area contributed by atoms with Crippen molar-refractivity contribution >= 4 is 29.1 Å². The van der Waals surface area contributed by atoms with Gasteiger partial charge in [-0.05, 0) is 31.5 Å². The molecule has 0 saturated carbocycles. The van der Waals surface area contributed by atoms with E-state index in [2.05, 4.69) is 0 Å². The first kappa shape index (κ1) is 19.1. The second kappa shape index (κ2) is 7.55. The molecule has 1 saturated heterocycles. The van der Waals surface area contributed by atoms with E-state index in [0.29, 0.717) is 16.1 Å². The molecule has 2 aromatic rings. The van der Waals surface area contributed by atoms with Crippen molar-refractivity contribution in [3.8, 4) is 0 Å². The zero-order valence-corrected chi connectivity index (χ0v) is 15.8. The Hall–Kier alpha value is -2.63. The molecule has 0 bridgehead atoms. The van der Waals surface area contributed by atoms with Crippen LogP contribution < -0.4 is 0 Å². The Morgan fingerprint density at radius 1 is 1.11 bits per heavy atom. The lowest BCUT2D eigenvalue weighted by atomic mass is 9.95. The third-order valence-corrected chi connectivity index (χ3v) is 4.76. The molecule has 27 heavy (non-hydrogen) atoms. The van der Waals surface area contributed by atoms with Crippen molar-refractivity contribution in [1.29, 1.82) is 0 Å². The SMILES string of the molecule is Cc1ccc(C(O)=C2C(=O)C(=O)N(C[C@H](C)O)[C@H]2c2ccc(Cl)cc2)cc1. The van der Waals surface area contributed by atoms with Gasteiger partial charge >= 0.3 is 0 Å². The standard InChI is InChI=1S/C21H20ClNO4/c1-12-3-5-15(6-4-12)19(25)17-18(14-7-9-16(22)10-8-14)23(11-13(2)24)21(27)20(17)26/h3-10,13,18,24-25H,11H2,1-2H3/t13-,18-/m0/s1. The van der Waals surface area contributed by atoms with Crippen molar-refractivity contribution < 1.29 is 19.8 Å². The first-order valence-corrected chi connectivity index (χ1v) is 8.96. The zero-order chi connectivity index (χ0) is 19.7. The van der Waals surface area contributed by atoms with Gasteiger partial charge in [0, 0.05) is 17.1 Å². The normalized spacial score (nSPS) is 20.1. The van der Waals surface area contributed by atoms with Crippen LogP contribution in [-0.2, 0) is 9.59 Å². The summed E-state index contributed by atoms with van der Waals surface area (Å²) < 4.78 is 0. The van der Waals surface area contributed by atoms with Crippen LogP contribution in [0.25, 0.3) is 5.76 Å². The van der Waals surface area contributed by atoms with Crippen LogP contribution in [-0.4, -0.2) is 39.5 Å². The van der Waals surface area contributed by atoms with Gasteiger partial charge in [-0.3, -0.25) is 9.59 Å². The van der Waals surface area contributed by atoms with E-state index < -0.39 is 23.8 Å². The third-order valence-electron chi connectivity index (χ3n) is 4.51. The number of ketones is 1. The number of carbonyl (C=O) groups is 2. The fourth-order valence-corrected chi connectivity index (χ4v) is 3.34. The van der Waals surface area contributed by atoms with Crippen LogP contribution in [0.5, 0.6) is 0 Å². The molecule has 6 heteroatoms. The maximum absolute atomic E-state index is 12.7. The van der Waals surface area contributed by atoms with Crippen LogP contribution in [0.15, 0.2) is 54.1 Å². The number of carbonyl (C=O) groups excluding carboxylic acids is 2. The monoisotopic (exact) mass is 385 g/mol. The maximum atomic E-state index is 12.7. The topological polar surface area (TPSA) is 77.8 Å².